The highest BCUT2D eigenvalue weighted by molar-refractivity contribution is 5.96. The first-order chi connectivity index (χ1) is 8.45. The number of amides is 1. The van der Waals surface area contributed by atoms with Crippen molar-refractivity contribution >= 4 is 23.3 Å². The standard InChI is InChI=1S/C12H17N3O3/c1-3-14-11(16)7-15(2)10-5-4-8(13)6-9(10)12(17)18/h4-6H,3,7,13H2,1-2H3,(H,14,16)(H,17,18). The van der Waals surface area contributed by atoms with E-state index < -0.39 is 5.97 Å². The van der Waals surface area contributed by atoms with Gasteiger partial charge in [-0.3, -0.25) is 4.79 Å². The zero-order valence-electron chi connectivity index (χ0n) is 10.4. The Bertz CT molecular complexity index is 460. The largest absolute Gasteiger partial charge is 0.478 e. The zero-order chi connectivity index (χ0) is 13.7. The zero-order valence-corrected chi connectivity index (χ0v) is 10.4. The fourth-order valence-electron chi connectivity index (χ4n) is 1.61. The molecule has 0 aliphatic heterocycles. The van der Waals surface area contributed by atoms with E-state index in [4.69, 9.17) is 10.8 Å². The van der Waals surface area contributed by atoms with Gasteiger partial charge in [-0.05, 0) is 25.1 Å². The van der Waals surface area contributed by atoms with Crippen molar-refractivity contribution in [3.8, 4) is 0 Å². The molecule has 0 atom stereocenters. The van der Waals surface area contributed by atoms with E-state index in [0.29, 0.717) is 17.9 Å². The van der Waals surface area contributed by atoms with Crippen molar-refractivity contribution in [3.63, 3.8) is 0 Å². The first-order valence-corrected chi connectivity index (χ1v) is 5.56. The third-order valence-corrected chi connectivity index (χ3v) is 2.42. The molecule has 4 N–H and O–H groups in total. The number of nitrogens with one attached hydrogen (secondary N) is 1. The molecule has 1 aromatic carbocycles. The molecule has 6 heteroatoms. The van der Waals surface area contributed by atoms with Crippen molar-refractivity contribution in [2.75, 3.05) is 30.8 Å². The minimum absolute atomic E-state index is 0.0850. The van der Waals surface area contributed by atoms with Crippen LogP contribution in [0.1, 0.15) is 17.3 Å². The molecule has 0 aliphatic carbocycles. The van der Waals surface area contributed by atoms with Gasteiger partial charge < -0.3 is 21.1 Å². The van der Waals surface area contributed by atoms with E-state index in [-0.39, 0.29) is 18.0 Å². The van der Waals surface area contributed by atoms with Crippen LogP contribution < -0.4 is 16.0 Å². The quantitative estimate of drug-likeness (QED) is 0.664. The van der Waals surface area contributed by atoms with Gasteiger partial charge in [-0.1, -0.05) is 0 Å². The Balaban J connectivity index is 2.94. The van der Waals surface area contributed by atoms with Crippen LogP contribution in [0.3, 0.4) is 0 Å². The number of carboxylic acids is 1. The van der Waals surface area contributed by atoms with Crippen molar-refractivity contribution in [3.05, 3.63) is 23.8 Å². The van der Waals surface area contributed by atoms with Crippen LogP contribution in [0.2, 0.25) is 0 Å². The summed E-state index contributed by atoms with van der Waals surface area (Å²) in [5, 5.41) is 11.7. The first kappa shape index (κ1) is 13.8. The predicted octanol–water partition coefficient (Wildman–Crippen LogP) is 0.539. The number of nitrogens with zero attached hydrogens (tertiary/aromatic N) is 1. The van der Waals surface area contributed by atoms with Gasteiger partial charge in [-0.15, -0.1) is 0 Å². The van der Waals surface area contributed by atoms with Crippen molar-refractivity contribution in [1.29, 1.82) is 0 Å². The summed E-state index contributed by atoms with van der Waals surface area (Å²) in [5.41, 5.74) is 6.48. The number of nitrogens with two attached hydrogens (primary N) is 1. The molecule has 1 aromatic rings. The summed E-state index contributed by atoms with van der Waals surface area (Å²) < 4.78 is 0. The number of hydrogen-bond donors (Lipinski definition) is 3. The summed E-state index contributed by atoms with van der Waals surface area (Å²) in [7, 11) is 1.66. The van der Waals surface area contributed by atoms with E-state index in [1.807, 2.05) is 6.92 Å². The van der Waals surface area contributed by atoms with Crippen LogP contribution in [0, 0.1) is 0 Å². The van der Waals surface area contributed by atoms with E-state index in [2.05, 4.69) is 5.32 Å². The Labute approximate surface area is 105 Å². The van der Waals surface area contributed by atoms with E-state index in [9.17, 15) is 9.59 Å². The second-order valence-corrected chi connectivity index (χ2v) is 3.89. The maximum atomic E-state index is 11.4. The lowest BCUT2D eigenvalue weighted by Gasteiger charge is -2.20. The summed E-state index contributed by atoms with van der Waals surface area (Å²) in [6, 6.07) is 4.58. The number of likely N-dealkylation sites (N-methyl/N-ethyl adjacent to an activating group) is 2. The van der Waals surface area contributed by atoms with Gasteiger partial charge in [-0.2, -0.15) is 0 Å². The van der Waals surface area contributed by atoms with Crippen molar-refractivity contribution in [2.45, 2.75) is 6.92 Å². The Hall–Kier alpha value is -2.24. The molecule has 0 bridgehead atoms. The van der Waals surface area contributed by atoms with Crippen LogP contribution in [-0.2, 0) is 4.79 Å². The minimum Gasteiger partial charge on any atom is -0.478 e. The topological polar surface area (TPSA) is 95.7 Å². The molecule has 98 valence electrons. The number of aromatic carboxylic acids is 1. The molecule has 0 saturated carbocycles. The van der Waals surface area contributed by atoms with Crippen LogP contribution in [0.5, 0.6) is 0 Å². The van der Waals surface area contributed by atoms with Gasteiger partial charge in [0.05, 0.1) is 17.8 Å². The molecule has 0 aliphatic rings. The van der Waals surface area contributed by atoms with Crippen LogP contribution in [0.25, 0.3) is 0 Å². The average Bonchev–Trinajstić information content (AvgIpc) is 2.28. The number of anilines is 2. The molecule has 0 fully saturated rings. The molecule has 0 aromatic heterocycles. The number of carboxylic acid groups (broad SMARTS) is 1. The summed E-state index contributed by atoms with van der Waals surface area (Å²) in [6.07, 6.45) is 0. The third kappa shape index (κ3) is 3.38. The van der Waals surface area contributed by atoms with Gasteiger partial charge in [0.15, 0.2) is 0 Å². The average molecular weight is 251 g/mol. The molecule has 0 heterocycles. The Morgan fingerprint density at radius 2 is 2.11 bits per heavy atom. The van der Waals surface area contributed by atoms with Gasteiger partial charge in [0.1, 0.15) is 0 Å². The van der Waals surface area contributed by atoms with E-state index in [1.165, 1.54) is 6.07 Å². The number of benzene rings is 1. The molecular weight excluding hydrogens is 234 g/mol. The van der Waals surface area contributed by atoms with Gasteiger partial charge in [-0.25, -0.2) is 4.79 Å². The second-order valence-electron chi connectivity index (χ2n) is 3.89. The van der Waals surface area contributed by atoms with Crippen LogP contribution >= 0.6 is 0 Å². The van der Waals surface area contributed by atoms with Crippen molar-refractivity contribution < 1.29 is 14.7 Å². The highest BCUT2D eigenvalue weighted by atomic mass is 16.4. The lowest BCUT2D eigenvalue weighted by Crippen LogP contribution is -2.35. The van der Waals surface area contributed by atoms with Crippen molar-refractivity contribution in [2.24, 2.45) is 0 Å². The Kier molecular flexibility index (Phi) is 4.53. The van der Waals surface area contributed by atoms with Crippen LogP contribution in [-0.4, -0.2) is 37.1 Å². The lowest BCUT2D eigenvalue weighted by molar-refractivity contribution is -0.119. The summed E-state index contributed by atoms with van der Waals surface area (Å²) >= 11 is 0. The molecule has 0 radical (unpaired) electrons. The number of carbonyl (C=O) groups excluding carboxylic acids is 1. The molecular formula is C12H17N3O3. The Morgan fingerprint density at radius 1 is 1.44 bits per heavy atom. The van der Waals surface area contributed by atoms with Crippen LogP contribution in [0.15, 0.2) is 18.2 Å². The highest BCUT2D eigenvalue weighted by Crippen LogP contribution is 2.22. The first-order valence-electron chi connectivity index (χ1n) is 5.56. The lowest BCUT2D eigenvalue weighted by atomic mass is 10.1. The van der Waals surface area contributed by atoms with E-state index in [1.54, 1.807) is 24.1 Å². The SMILES string of the molecule is CCNC(=O)CN(C)c1ccc(N)cc1C(=O)O. The van der Waals surface area contributed by atoms with E-state index >= 15 is 0 Å². The normalized spacial score (nSPS) is 9.89. The third-order valence-electron chi connectivity index (χ3n) is 2.42. The van der Waals surface area contributed by atoms with Crippen LogP contribution in [0.4, 0.5) is 11.4 Å². The molecule has 0 spiro atoms. The molecule has 1 rings (SSSR count). The van der Waals surface area contributed by atoms with Gasteiger partial charge in [0.2, 0.25) is 5.91 Å². The number of hydrogen-bond acceptors (Lipinski definition) is 4. The highest BCUT2D eigenvalue weighted by Gasteiger charge is 2.15. The molecule has 1 amide bonds. The second kappa shape index (κ2) is 5.90. The van der Waals surface area contributed by atoms with Gasteiger partial charge in [0.25, 0.3) is 0 Å². The number of rotatable bonds is 5. The van der Waals surface area contributed by atoms with Crippen molar-refractivity contribution in [1.82, 2.24) is 5.32 Å². The Morgan fingerprint density at radius 3 is 2.67 bits per heavy atom. The van der Waals surface area contributed by atoms with E-state index in [0.717, 1.165) is 0 Å². The number of nitrogen functional groups attached to an aromatic ring is 1. The fourth-order valence-corrected chi connectivity index (χ4v) is 1.61. The minimum atomic E-state index is -1.07. The predicted molar refractivity (Wildman–Crippen MR) is 69.8 cm³/mol. The molecule has 0 unspecified atom stereocenters. The molecule has 0 saturated heterocycles. The maximum absolute atomic E-state index is 11.4. The summed E-state index contributed by atoms with van der Waals surface area (Å²) in [6.45, 7) is 2.46. The summed E-state index contributed by atoms with van der Waals surface area (Å²) in [4.78, 5) is 24.1. The maximum Gasteiger partial charge on any atom is 0.337 e. The van der Waals surface area contributed by atoms with Gasteiger partial charge >= 0.3 is 5.97 Å². The monoisotopic (exact) mass is 251 g/mol. The molecule has 18 heavy (non-hydrogen) atoms. The fraction of sp³-hybridized carbons (Fsp3) is 0.333. The number of carbonyl (C=O) groups is 2. The molecule has 6 nitrogen and oxygen atoms in total. The summed E-state index contributed by atoms with van der Waals surface area (Å²) in [5.74, 6) is -1.23. The smallest absolute Gasteiger partial charge is 0.337 e. The van der Waals surface area contributed by atoms with Gasteiger partial charge in [0, 0.05) is 19.3 Å².